The molecular formula is C15H17ClFNO4S. The van der Waals surface area contributed by atoms with Crippen LogP contribution in [0, 0.1) is 5.82 Å². The van der Waals surface area contributed by atoms with E-state index < -0.39 is 15.7 Å². The summed E-state index contributed by atoms with van der Waals surface area (Å²) in [6.07, 6.45) is 2.25. The topological polar surface area (TPSA) is 63.7 Å². The molecule has 1 saturated heterocycles. The maximum absolute atomic E-state index is 13.0. The van der Waals surface area contributed by atoms with Gasteiger partial charge in [0.15, 0.2) is 16.4 Å². The Hall–Kier alpha value is -1.34. The van der Waals surface area contributed by atoms with Crippen molar-refractivity contribution >= 4 is 27.3 Å². The van der Waals surface area contributed by atoms with Gasteiger partial charge in [0.05, 0.1) is 16.5 Å². The number of benzene rings is 1. The first-order valence-corrected chi connectivity index (χ1v) is 9.65. The van der Waals surface area contributed by atoms with E-state index in [1.165, 1.54) is 12.1 Å². The van der Waals surface area contributed by atoms with E-state index in [-0.39, 0.29) is 46.9 Å². The summed E-state index contributed by atoms with van der Waals surface area (Å²) in [6.45, 7) is -0.238. The highest BCUT2D eigenvalue weighted by molar-refractivity contribution is 7.91. The molecule has 2 fully saturated rings. The largest absolute Gasteiger partial charge is 0.482 e. The second-order valence-electron chi connectivity index (χ2n) is 5.95. The van der Waals surface area contributed by atoms with Gasteiger partial charge >= 0.3 is 0 Å². The molecule has 1 aliphatic heterocycles. The fourth-order valence-electron chi connectivity index (χ4n) is 2.86. The van der Waals surface area contributed by atoms with Crippen molar-refractivity contribution in [2.75, 3.05) is 18.1 Å². The smallest absolute Gasteiger partial charge is 0.261 e. The van der Waals surface area contributed by atoms with Gasteiger partial charge in [-0.05, 0) is 37.5 Å². The Balaban J connectivity index is 1.65. The molecular weight excluding hydrogens is 345 g/mol. The van der Waals surface area contributed by atoms with Crippen LogP contribution in [0.2, 0.25) is 5.02 Å². The number of ether oxygens (including phenoxy) is 1. The molecule has 1 unspecified atom stereocenters. The molecule has 1 aromatic carbocycles. The number of amides is 1. The number of nitrogens with zero attached hydrogens (tertiary/aromatic N) is 1. The second-order valence-corrected chi connectivity index (χ2v) is 8.59. The molecule has 5 nitrogen and oxygen atoms in total. The predicted octanol–water partition coefficient (Wildman–Crippen LogP) is 2.04. The van der Waals surface area contributed by atoms with Crippen LogP contribution in [-0.2, 0) is 14.6 Å². The first-order chi connectivity index (χ1) is 10.9. The van der Waals surface area contributed by atoms with E-state index >= 15 is 0 Å². The molecule has 0 bridgehead atoms. The summed E-state index contributed by atoms with van der Waals surface area (Å²) < 4.78 is 41.7. The molecule has 2 aliphatic rings. The van der Waals surface area contributed by atoms with Gasteiger partial charge in [-0.15, -0.1) is 0 Å². The lowest BCUT2D eigenvalue weighted by atomic mass is 10.2. The van der Waals surface area contributed by atoms with E-state index in [0.717, 1.165) is 18.9 Å². The van der Waals surface area contributed by atoms with E-state index in [0.29, 0.717) is 6.42 Å². The van der Waals surface area contributed by atoms with Crippen molar-refractivity contribution in [3.8, 4) is 5.75 Å². The van der Waals surface area contributed by atoms with Crippen LogP contribution in [0.4, 0.5) is 4.39 Å². The van der Waals surface area contributed by atoms with Gasteiger partial charge in [0.2, 0.25) is 0 Å². The van der Waals surface area contributed by atoms with E-state index in [4.69, 9.17) is 16.3 Å². The van der Waals surface area contributed by atoms with Gasteiger partial charge < -0.3 is 9.64 Å². The zero-order chi connectivity index (χ0) is 16.6. The highest BCUT2D eigenvalue weighted by Crippen LogP contribution is 2.32. The molecule has 1 amide bonds. The van der Waals surface area contributed by atoms with Crippen LogP contribution in [-0.4, -0.2) is 49.4 Å². The van der Waals surface area contributed by atoms with Crippen LogP contribution in [0.25, 0.3) is 0 Å². The third-order valence-electron chi connectivity index (χ3n) is 4.08. The van der Waals surface area contributed by atoms with Gasteiger partial charge in [-0.3, -0.25) is 4.79 Å². The quantitative estimate of drug-likeness (QED) is 0.805. The predicted molar refractivity (Wildman–Crippen MR) is 83.8 cm³/mol. The van der Waals surface area contributed by atoms with Crippen LogP contribution < -0.4 is 4.74 Å². The first-order valence-electron chi connectivity index (χ1n) is 7.45. The summed E-state index contributed by atoms with van der Waals surface area (Å²) in [5, 5.41) is 0.0965. The lowest BCUT2D eigenvalue weighted by Crippen LogP contribution is -2.45. The third kappa shape index (κ3) is 3.95. The molecule has 0 N–H and O–H groups in total. The fraction of sp³-hybridized carbons (Fsp3) is 0.533. The molecule has 1 aliphatic carbocycles. The zero-order valence-corrected chi connectivity index (χ0v) is 13.9. The lowest BCUT2D eigenvalue weighted by molar-refractivity contribution is -0.135. The van der Waals surface area contributed by atoms with Gasteiger partial charge in [-0.25, -0.2) is 12.8 Å². The Morgan fingerprint density at radius 2 is 2.04 bits per heavy atom. The number of hydrogen-bond acceptors (Lipinski definition) is 4. The molecule has 1 aromatic rings. The molecule has 0 spiro atoms. The number of carbonyl (C=O) groups is 1. The molecule has 126 valence electrons. The van der Waals surface area contributed by atoms with E-state index in [1.807, 2.05) is 0 Å². The molecule has 1 heterocycles. The summed E-state index contributed by atoms with van der Waals surface area (Å²) in [6, 6.07) is 3.52. The van der Waals surface area contributed by atoms with Crippen molar-refractivity contribution in [1.29, 1.82) is 0 Å². The Kier molecular flexibility index (Phi) is 4.51. The van der Waals surface area contributed by atoms with E-state index in [1.54, 1.807) is 4.90 Å². The third-order valence-corrected chi connectivity index (χ3v) is 6.12. The average molecular weight is 362 g/mol. The number of halogens is 2. The van der Waals surface area contributed by atoms with Gasteiger partial charge in [-0.2, -0.15) is 0 Å². The van der Waals surface area contributed by atoms with Crippen molar-refractivity contribution in [2.45, 2.75) is 31.3 Å². The summed E-state index contributed by atoms with van der Waals surface area (Å²) in [7, 11) is -3.06. The van der Waals surface area contributed by atoms with Crippen LogP contribution in [0.15, 0.2) is 18.2 Å². The molecule has 0 aromatic heterocycles. The molecule has 23 heavy (non-hydrogen) atoms. The standard InChI is InChI=1S/C15H17ClFNO4S/c16-13-7-10(17)1-4-14(13)22-8-15(19)18(11-2-3-11)12-5-6-23(20,21)9-12/h1,4,7,11-12H,2-3,5-6,8-9H2. The van der Waals surface area contributed by atoms with Gasteiger partial charge in [0, 0.05) is 12.1 Å². The molecule has 1 saturated carbocycles. The zero-order valence-electron chi connectivity index (χ0n) is 12.4. The Labute approximate surface area is 139 Å². The van der Waals surface area contributed by atoms with Gasteiger partial charge in [0.25, 0.3) is 5.91 Å². The number of rotatable bonds is 5. The van der Waals surface area contributed by atoms with Crippen LogP contribution in [0.3, 0.4) is 0 Å². The van der Waals surface area contributed by atoms with Gasteiger partial charge in [0.1, 0.15) is 11.6 Å². The number of sulfone groups is 1. The Morgan fingerprint density at radius 3 is 2.61 bits per heavy atom. The summed E-state index contributed by atoms with van der Waals surface area (Å²) in [5.74, 6) is -0.360. The van der Waals surface area contributed by atoms with Crippen LogP contribution in [0.1, 0.15) is 19.3 Å². The van der Waals surface area contributed by atoms with E-state index in [2.05, 4.69) is 0 Å². The minimum Gasteiger partial charge on any atom is -0.482 e. The SMILES string of the molecule is O=C(COc1ccc(F)cc1Cl)N(C1CC1)C1CCS(=O)(=O)C1. The Morgan fingerprint density at radius 1 is 1.30 bits per heavy atom. The lowest BCUT2D eigenvalue weighted by Gasteiger charge is -2.28. The average Bonchev–Trinajstić information content (AvgIpc) is 3.22. The van der Waals surface area contributed by atoms with Crippen LogP contribution >= 0.6 is 11.6 Å². The van der Waals surface area contributed by atoms with Crippen molar-refractivity contribution < 1.29 is 22.3 Å². The normalized spacial score (nSPS) is 22.8. The maximum Gasteiger partial charge on any atom is 0.261 e. The van der Waals surface area contributed by atoms with Gasteiger partial charge in [-0.1, -0.05) is 11.6 Å². The highest BCUT2D eigenvalue weighted by atomic mass is 35.5. The minimum absolute atomic E-state index is 0.0204. The number of carbonyl (C=O) groups excluding carboxylic acids is 1. The monoisotopic (exact) mass is 361 g/mol. The van der Waals surface area contributed by atoms with E-state index in [9.17, 15) is 17.6 Å². The first kappa shape index (κ1) is 16.5. The molecule has 0 radical (unpaired) electrons. The van der Waals surface area contributed by atoms with Crippen molar-refractivity contribution in [1.82, 2.24) is 4.90 Å². The minimum atomic E-state index is -3.06. The van der Waals surface area contributed by atoms with Crippen molar-refractivity contribution in [3.05, 3.63) is 29.0 Å². The summed E-state index contributed by atoms with van der Waals surface area (Å²) in [5.41, 5.74) is 0. The fourth-order valence-corrected chi connectivity index (χ4v) is 4.79. The van der Waals surface area contributed by atoms with Crippen molar-refractivity contribution in [2.24, 2.45) is 0 Å². The summed E-state index contributed by atoms with van der Waals surface area (Å²) >= 11 is 5.86. The second kappa shape index (κ2) is 6.28. The number of hydrogen-bond donors (Lipinski definition) is 0. The molecule has 3 rings (SSSR count). The highest BCUT2D eigenvalue weighted by Gasteiger charge is 2.42. The Bertz CT molecular complexity index is 720. The van der Waals surface area contributed by atoms with Crippen LogP contribution in [0.5, 0.6) is 5.75 Å². The molecule has 1 atom stereocenters. The summed E-state index contributed by atoms with van der Waals surface area (Å²) in [4.78, 5) is 14.1. The maximum atomic E-state index is 13.0. The molecule has 8 heteroatoms. The van der Waals surface area contributed by atoms with Crippen molar-refractivity contribution in [3.63, 3.8) is 0 Å².